The summed E-state index contributed by atoms with van der Waals surface area (Å²) in [7, 11) is 1.46. The molecule has 2 bridgehead atoms. The van der Waals surface area contributed by atoms with Crippen LogP contribution in [0.2, 0.25) is 0 Å². The van der Waals surface area contributed by atoms with Gasteiger partial charge in [-0.2, -0.15) is 9.97 Å². The van der Waals surface area contributed by atoms with Gasteiger partial charge in [0, 0.05) is 49.5 Å². The molecule has 0 N–H and O–H groups in total. The van der Waals surface area contributed by atoms with Crippen LogP contribution in [0.4, 0.5) is 23.8 Å². The van der Waals surface area contributed by atoms with Crippen molar-refractivity contribution in [3.63, 3.8) is 0 Å². The Bertz CT molecular complexity index is 2180. The molecular weight excluding hydrogens is 715 g/mol. The highest BCUT2D eigenvalue weighted by atomic mass is 19.1. The topological polar surface area (TPSA) is 107 Å². The molecule has 0 radical (unpaired) electrons. The molecular formula is C41H46F3N5O6. The first-order valence-corrected chi connectivity index (χ1v) is 18.9. The van der Waals surface area contributed by atoms with Crippen molar-refractivity contribution in [1.82, 2.24) is 19.8 Å². The summed E-state index contributed by atoms with van der Waals surface area (Å²) >= 11 is 0. The number of hydrogen-bond donors (Lipinski definition) is 0. The molecule has 3 aromatic carbocycles. The number of amides is 1. The average Bonchev–Trinajstić information content (AvgIpc) is 3.73. The van der Waals surface area contributed by atoms with Crippen LogP contribution in [0.5, 0.6) is 11.8 Å². The first kappa shape index (κ1) is 37.2. The second kappa shape index (κ2) is 13.8. The lowest BCUT2D eigenvalue weighted by Gasteiger charge is -2.47. The number of methoxy groups -OCH3 is 1. The summed E-state index contributed by atoms with van der Waals surface area (Å²) in [5.74, 6) is -1.32. The van der Waals surface area contributed by atoms with Gasteiger partial charge in [0.05, 0.1) is 22.7 Å². The van der Waals surface area contributed by atoms with E-state index in [2.05, 4.69) is 9.88 Å². The van der Waals surface area contributed by atoms with Gasteiger partial charge in [-0.15, -0.1) is 0 Å². The van der Waals surface area contributed by atoms with Crippen LogP contribution in [-0.4, -0.2) is 108 Å². The van der Waals surface area contributed by atoms with Gasteiger partial charge in [-0.05, 0) is 89.1 Å². The Morgan fingerprint density at radius 2 is 1.91 bits per heavy atom. The molecule has 14 heteroatoms. The quantitative estimate of drug-likeness (QED) is 0.126. The predicted molar refractivity (Wildman–Crippen MR) is 201 cm³/mol. The molecule has 5 heterocycles. The van der Waals surface area contributed by atoms with Crippen molar-refractivity contribution in [3.8, 4) is 22.9 Å². The lowest BCUT2D eigenvalue weighted by atomic mass is 9.93. The zero-order valence-corrected chi connectivity index (χ0v) is 31.8. The fourth-order valence-electron chi connectivity index (χ4n) is 9.36. The minimum atomic E-state index is -0.979. The SMILES string of the molecule is COCOc1cc(-c2c(F)cc3c(N4C[C@H]5CC[C@@](C)(C4)N5C(=O)OC(C)(C)C)nc(OC[C@]45CCCN4C[C@@H](F)C5)nc3c2F)c2c(C=O)cccc2c1. The number of benzene rings is 3. The molecule has 0 spiro atoms. The molecule has 4 fully saturated rings. The zero-order chi connectivity index (χ0) is 38.9. The van der Waals surface area contributed by atoms with Gasteiger partial charge in [0.2, 0.25) is 0 Å². The maximum Gasteiger partial charge on any atom is 0.411 e. The van der Waals surface area contributed by atoms with E-state index in [0.29, 0.717) is 56.0 Å². The molecule has 55 heavy (non-hydrogen) atoms. The van der Waals surface area contributed by atoms with Gasteiger partial charge < -0.3 is 23.8 Å². The Balaban J connectivity index is 1.27. The molecule has 0 unspecified atom stereocenters. The minimum absolute atomic E-state index is 0.0998. The molecule has 292 valence electrons. The van der Waals surface area contributed by atoms with E-state index < -0.39 is 46.1 Å². The smallest absolute Gasteiger partial charge is 0.411 e. The second-order valence-corrected chi connectivity index (χ2v) is 16.6. The monoisotopic (exact) mass is 761 g/mol. The van der Waals surface area contributed by atoms with Gasteiger partial charge >= 0.3 is 12.1 Å². The minimum Gasteiger partial charge on any atom is -0.468 e. The first-order valence-electron chi connectivity index (χ1n) is 18.9. The lowest BCUT2D eigenvalue weighted by Crippen LogP contribution is -2.63. The molecule has 4 atom stereocenters. The van der Waals surface area contributed by atoms with Crippen LogP contribution in [0, 0.1) is 11.6 Å². The van der Waals surface area contributed by atoms with E-state index in [1.165, 1.54) is 19.2 Å². The fraction of sp³-hybridized carbons (Fsp3) is 0.512. The number of aromatic nitrogens is 2. The van der Waals surface area contributed by atoms with Crippen LogP contribution in [0.15, 0.2) is 36.4 Å². The van der Waals surface area contributed by atoms with Crippen molar-refractivity contribution in [1.29, 1.82) is 0 Å². The number of carbonyl (C=O) groups excluding carboxylic acids is 2. The molecule has 4 saturated heterocycles. The number of alkyl halides is 1. The summed E-state index contributed by atoms with van der Waals surface area (Å²) in [6.45, 7) is 9.19. The number of rotatable bonds is 9. The average molecular weight is 762 g/mol. The van der Waals surface area contributed by atoms with Crippen LogP contribution in [-0.2, 0) is 9.47 Å². The largest absolute Gasteiger partial charge is 0.468 e. The van der Waals surface area contributed by atoms with E-state index in [9.17, 15) is 14.0 Å². The third kappa shape index (κ3) is 6.60. The van der Waals surface area contributed by atoms with E-state index in [-0.39, 0.29) is 59.0 Å². The van der Waals surface area contributed by atoms with Crippen LogP contribution in [0.1, 0.15) is 70.2 Å². The van der Waals surface area contributed by atoms with Crippen molar-refractivity contribution < 1.29 is 41.7 Å². The number of fused-ring (bicyclic) bond motifs is 5. The molecule has 8 rings (SSSR count). The summed E-state index contributed by atoms with van der Waals surface area (Å²) in [4.78, 5) is 41.0. The maximum absolute atomic E-state index is 17.4. The number of anilines is 1. The van der Waals surface area contributed by atoms with E-state index in [1.807, 2.05) is 32.6 Å². The van der Waals surface area contributed by atoms with Gasteiger partial charge in [0.15, 0.2) is 18.9 Å². The molecule has 4 aliphatic heterocycles. The van der Waals surface area contributed by atoms with E-state index in [4.69, 9.17) is 23.9 Å². The lowest BCUT2D eigenvalue weighted by molar-refractivity contribution is -0.00282. The van der Waals surface area contributed by atoms with Gasteiger partial charge in [0.25, 0.3) is 0 Å². The standard InChI is InChI=1S/C41H46F3N5O6/c1-39(2,3)55-38(51)49-27-10-12-40(49,4)21-47(19-27)36-30-16-31(43)33(29-15-28(54-23-52-5)14-24-8-6-9-25(20-50)32(24)29)34(44)35(30)45-37(46-36)53-22-41-11-7-13-48(41)18-26(42)17-41/h6,8-9,14-16,20,26-27H,7,10-13,17-19,21-23H2,1-5H3/t26-,27+,40-,41+/m0/s1. The van der Waals surface area contributed by atoms with Crippen molar-refractivity contribution in [2.45, 2.75) is 88.7 Å². The number of piperazine rings is 1. The Kier molecular flexibility index (Phi) is 9.35. The molecule has 4 aliphatic rings. The van der Waals surface area contributed by atoms with E-state index in [1.54, 1.807) is 29.2 Å². The third-order valence-corrected chi connectivity index (χ3v) is 11.6. The first-order chi connectivity index (χ1) is 26.2. The molecule has 11 nitrogen and oxygen atoms in total. The predicted octanol–water partition coefficient (Wildman–Crippen LogP) is 7.46. The summed E-state index contributed by atoms with van der Waals surface area (Å²) in [5, 5.41) is 1.00. The van der Waals surface area contributed by atoms with Gasteiger partial charge in [0.1, 0.15) is 41.3 Å². The molecule has 4 aromatic rings. The Morgan fingerprint density at radius 1 is 1.09 bits per heavy atom. The number of nitrogens with zero attached hydrogens (tertiary/aromatic N) is 5. The highest BCUT2D eigenvalue weighted by Crippen LogP contribution is 2.46. The third-order valence-electron chi connectivity index (χ3n) is 11.6. The van der Waals surface area contributed by atoms with Crippen LogP contribution >= 0.6 is 0 Å². The maximum atomic E-state index is 17.4. The van der Waals surface area contributed by atoms with Crippen LogP contribution in [0.25, 0.3) is 32.8 Å². The van der Waals surface area contributed by atoms with Crippen LogP contribution < -0.4 is 14.4 Å². The van der Waals surface area contributed by atoms with Crippen molar-refractivity contribution in [2.24, 2.45) is 0 Å². The summed E-state index contributed by atoms with van der Waals surface area (Å²) < 4.78 is 71.7. The summed E-state index contributed by atoms with van der Waals surface area (Å²) in [6, 6.07) is 9.02. The van der Waals surface area contributed by atoms with Crippen molar-refractivity contribution in [2.75, 3.05) is 51.6 Å². The highest BCUT2D eigenvalue weighted by molar-refractivity contribution is 6.08. The zero-order valence-electron chi connectivity index (χ0n) is 31.8. The van der Waals surface area contributed by atoms with Gasteiger partial charge in [-0.3, -0.25) is 14.6 Å². The highest BCUT2D eigenvalue weighted by Gasteiger charge is 2.53. The van der Waals surface area contributed by atoms with E-state index in [0.717, 1.165) is 19.4 Å². The number of aldehydes is 1. The summed E-state index contributed by atoms with van der Waals surface area (Å²) in [6.07, 6.45) is 2.64. The fourth-order valence-corrected chi connectivity index (χ4v) is 9.36. The number of ether oxygens (including phenoxy) is 4. The molecule has 0 saturated carbocycles. The number of carbonyl (C=O) groups is 2. The molecule has 1 amide bonds. The number of halogens is 3. The van der Waals surface area contributed by atoms with Crippen LogP contribution in [0.3, 0.4) is 0 Å². The van der Waals surface area contributed by atoms with Gasteiger partial charge in [-0.25, -0.2) is 18.0 Å². The van der Waals surface area contributed by atoms with E-state index >= 15 is 8.78 Å². The number of hydrogen-bond acceptors (Lipinski definition) is 10. The second-order valence-electron chi connectivity index (χ2n) is 16.6. The molecule has 0 aliphatic carbocycles. The normalized spacial score (nSPS) is 25.2. The summed E-state index contributed by atoms with van der Waals surface area (Å²) in [5.41, 5.74) is -2.11. The van der Waals surface area contributed by atoms with Crippen molar-refractivity contribution in [3.05, 3.63) is 53.6 Å². The van der Waals surface area contributed by atoms with Gasteiger partial charge in [-0.1, -0.05) is 18.2 Å². The van der Waals surface area contributed by atoms with Crippen molar-refractivity contribution >= 4 is 39.9 Å². The Morgan fingerprint density at radius 3 is 2.65 bits per heavy atom. The molecule has 1 aromatic heterocycles. The Hall–Kier alpha value is -4.69. The Labute approximate surface area is 317 Å².